The standard InChI is InChI=1S/C70H136O17P2/c1-9-63(8)49-41-33-25-17-11-13-19-28-37-45-53-70(75)86-65(56-80-67(72)50-42-34-26-20-14-16-23-31-39-47-61(4)5)58-84-88(76,77)82-54-64(71)55-83-89(78,79)85-59-66(57-81-68(73)51-43-35-29-21-24-32-40-48-62(6)7)87-69(74)52-44-36-27-18-12-10-15-22-30-38-46-60(2)3/h60-66,71H,9-59H2,1-8H3,(H,76,77)(H,78,79)/t63?,64?,65-,66-/m1/s1. The number of hydrogen-bond donors (Lipinski definition) is 3. The summed E-state index contributed by atoms with van der Waals surface area (Å²) in [4.78, 5) is 72.5. The highest BCUT2D eigenvalue weighted by Gasteiger charge is 2.30. The maximum atomic E-state index is 13.0. The summed E-state index contributed by atoms with van der Waals surface area (Å²) < 4.78 is 68.3. The first-order valence-corrected chi connectivity index (χ1v) is 39.2. The Labute approximate surface area is 543 Å². The number of aliphatic hydroxyl groups is 1. The molecule has 89 heavy (non-hydrogen) atoms. The van der Waals surface area contributed by atoms with Crippen LogP contribution in [0.5, 0.6) is 0 Å². The van der Waals surface area contributed by atoms with Crippen molar-refractivity contribution in [3.8, 4) is 0 Å². The summed E-state index contributed by atoms with van der Waals surface area (Å²) in [6, 6.07) is 0. The van der Waals surface area contributed by atoms with E-state index in [-0.39, 0.29) is 25.7 Å². The van der Waals surface area contributed by atoms with Crippen LogP contribution in [-0.4, -0.2) is 96.7 Å². The number of carbonyl (C=O) groups excluding carboxylic acids is 4. The first kappa shape index (κ1) is 87.1. The van der Waals surface area contributed by atoms with Crippen molar-refractivity contribution >= 4 is 39.5 Å². The Bertz CT molecular complexity index is 1770. The molecule has 0 aliphatic rings. The van der Waals surface area contributed by atoms with Crippen molar-refractivity contribution in [2.45, 2.75) is 363 Å². The molecule has 4 unspecified atom stereocenters. The Kier molecular flexibility index (Phi) is 58.5. The topological polar surface area (TPSA) is 237 Å². The summed E-state index contributed by atoms with van der Waals surface area (Å²) in [5, 5.41) is 10.6. The summed E-state index contributed by atoms with van der Waals surface area (Å²) in [6.45, 7) is 14.1. The first-order valence-electron chi connectivity index (χ1n) is 36.2. The number of rotatable bonds is 67. The molecule has 0 rings (SSSR count). The van der Waals surface area contributed by atoms with Gasteiger partial charge >= 0.3 is 39.5 Å². The number of phosphoric ester groups is 2. The van der Waals surface area contributed by atoms with Gasteiger partial charge in [0, 0.05) is 25.7 Å². The van der Waals surface area contributed by atoms with E-state index in [0.29, 0.717) is 31.6 Å². The highest BCUT2D eigenvalue weighted by molar-refractivity contribution is 7.47. The molecular formula is C70H136O17P2. The van der Waals surface area contributed by atoms with Crippen LogP contribution in [0.2, 0.25) is 0 Å². The smallest absolute Gasteiger partial charge is 0.462 e. The van der Waals surface area contributed by atoms with Crippen molar-refractivity contribution in [1.82, 2.24) is 0 Å². The summed E-state index contributed by atoms with van der Waals surface area (Å²) in [7, 11) is -9.90. The van der Waals surface area contributed by atoms with Gasteiger partial charge in [-0.3, -0.25) is 37.3 Å². The Morgan fingerprint density at radius 3 is 0.798 bits per heavy atom. The minimum absolute atomic E-state index is 0.105. The largest absolute Gasteiger partial charge is 0.472 e. The molecule has 528 valence electrons. The second-order valence-corrected chi connectivity index (χ2v) is 29.8. The molecule has 19 heteroatoms. The van der Waals surface area contributed by atoms with Crippen LogP contribution in [-0.2, 0) is 65.4 Å². The minimum atomic E-state index is -4.95. The zero-order valence-corrected chi connectivity index (χ0v) is 59.8. The fourth-order valence-electron chi connectivity index (χ4n) is 10.5. The molecule has 0 amide bonds. The van der Waals surface area contributed by atoms with Gasteiger partial charge in [-0.2, -0.15) is 0 Å². The zero-order valence-electron chi connectivity index (χ0n) is 58.1. The van der Waals surface area contributed by atoms with Crippen molar-refractivity contribution in [1.29, 1.82) is 0 Å². The van der Waals surface area contributed by atoms with Gasteiger partial charge in [0.15, 0.2) is 12.2 Å². The normalized spacial score (nSPS) is 14.6. The molecule has 0 fully saturated rings. The second-order valence-electron chi connectivity index (χ2n) is 26.9. The Hall–Kier alpha value is -1.94. The van der Waals surface area contributed by atoms with Gasteiger partial charge in [0.25, 0.3) is 0 Å². The third-order valence-corrected chi connectivity index (χ3v) is 18.3. The SMILES string of the molecule is CCC(C)CCCCCCCCCCCCC(=O)O[C@H](COC(=O)CCCCCCCCCCCC(C)C)COP(=O)(O)OCC(O)COP(=O)(O)OC[C@@H](COC(=O)CCCCCCCCCC(C)C)OC(=O)CCCCCCCCCCCCC(C)C. The fraction of sp³-hybridized carbons (Fsp3) is 0.943. The van der Waals surface area contributed by atoms with Crippen molar-refractivity contribution in [3.63, 3.8) is 0 Å². The number of aliphatic hydroxyl groups excluding tert-OH is 1. The van der Waals surface area contributed by atoms with Crippen LogP contribution in [0.25, 0.3) is 0 Å². The predicted octanol–water partition coefficient (Wildman–Crippen LogP) is 19.7. The number of phosphoric acid groups is 2. The van der Waals surface area contributed by atoms with E-state index in [4.69, 9.17) is 37.0 Å². The van der Waals surface area contributed by atoms with Gasteiger partial charge in [0.2, 0.25) is 0 Å². The summed E-state index contributed by atoms with van der Waals surface area (Å²) in [6.07, 6.45) is 41.6. The molecule has 17 nitrogen and oxygen atoms in total. The molecule has 0 aromatic carbocycles. The maximum absolute atomic E-state index is 13.0. The molecule has 0 spiro atoms. The van der Waals surface area contributed by atoms with Crippen molar-refractivity contribution in [2.24, 2.45) is 23.7 Å². The van der Waals surface area contributed by atoms with E-state index in [1.165, 1.54) is 141 Å². The van der Waals surface area contributed by atoms with Gasteiger partial charge in [-0.25, -0.2) is 9.13 Å². The molecule has 0 saturated carbocycles. The van der Waals surface area contributed by atoms with E-state index >= 15 is 0 Å². The van der Waals surface area contributed by atoms with Gasteiger partial charge in [-0.15, -0.1) is 0 Å². The average Bonchev–Trinajstić information content (AvgIpc) is 3.64. The van der Waals surface area contributed by atoms with Crippen LogP contribution >= 0.6 is 15.6 Å². The number of hydrogen-bond acceptors (Lipinski definition) is 15. The molecule has 0 heterocycles. The third kappa shape index (κ3) is 63.2. The highest BCUT2D eigenvalue weighted by Crippen LogP contribution is 2.45. The Morgan fingerprint density at radius 2 is 0.539 bits per heavy atom. The van der Waals surface area contributed by atoms with Crippen molar-refractivity contribution in [3.05, 3.63) is 0 Å². The van der Waals surface area contributed by atoms with Crippen LogP contribution in [0.3, 0.4) is 0 Å². The second kappa shape index (κ2) is 59.8. The van der Waals surface area contributed by atoms with Gasteiger partial charge in [0.05, 0.1) is 26.4 Å². The molecule has 3 N–H and O–H groups in total. The lowest BCUT2D eigenvalue weighted by Gasteiger charge is -2.21. The quantitative estimate of drug-likeness (QED) is 0.0222. The molecule has 0 aromatic rings. The maximum Gasteiger partial charge on any atom is 0.472 e. The molecule has 0 aliphatic carbocycles. The highest BCUT2D eigenvalue weighted by atomic mass is 31.2. The summed E-state index contributed by atoms with van der Waals surface area (Å²) in [5.74, 6) is 0.874. The van der Waals surface area contributed by atoms with E-state index in [9.17, 15) is 43.2 Å². The Morgan fingerprint density at radius 1 is 0.315 bits per heavy atom. The van der Waals surface area contributed by atoms with Crippen molar-refractivity contribution in [2.75, 3.05) is 39.6 Å². The molecule has 0 aliphatic heterocycles. The molecule has 0 radical (unpaired) electrons. The molecule has 6 atom stereocenters. The summed E-state index contributed by atoms with van der Waals surface area (Å²) in [5.41, 5.74) is 0. The number of carbonyl (C=O) groups is 4. The monoisotopic (exact) mass is 1310 g/mol. The molecule has 0 bridgehead atoms. The van der Waals surface area contributed by atoms with Gasteiger partial charge in [-0.1, -0.05) is 293 Å². The summed E-state index contributed by atoms with van der Waals surface area (Å²) >= 11 is 0. The lowest BCUT2D eigenvalue weighted by molar-refractivity contribution is -0.161. The van der Waals surface area contributed by atoms with E-state index in [0.717, 1.165) is 114 Å². The van der Waals surface area contributed by atoms with Crippen LogP contribution in [0.4, 0.5) is 0 Å². The zero-order chi connectivity index (χ0) is 66.1. The lowest BCUT2D eigenvalue weighted by Crippen LogP contribution is -2.30. The van der Waals surface area contributed by atoms with E-state index < -0.39 is 97.5 Å². The van der Waals surface area contributed by atoms with E-state index in [1.807, 2.05) is 0 Å². The van der Waals surface area contributed by atoms with Crippen LogP contribution in [0.15, 0.2) is 0 Å². The Balaban J connectivity index is 5.27. The van der Waals surface area contributed by atoms with Gasteiger partial charge in [0.1, 0.15) is 19.3 Å². The van der Waals surface area contributed by atoms with Crippen LogP contribution < -0.4 is 0 Å². The number of esters is 4. The minimum Gasteiger partial charge on any atom is -0.462 e. The van der Waals surface area contributed by atoms with E-state index in [1.54, 1.807) is 0 Å². The predicted molar refractivity (Wildman–Crippen MR) is 358 cm³/mol. The third-order valence-electron chi connectivity index (χ3n) is 16.4. The first-order chi connectivity index (χ1) is 42.6. The van der Waals surface area contributed by atoms with E-state index in [2.05, 4.69) is 55.4 Å². The molecule has 0 aromatic heterocycles. The molecular weight excluding hydrogens is 1170 g/mol. The lowest BCUT2D eigenvalue weighted by atomic mass is 9.99. The van der Waals surface area contributed by atoms with Crippen LogP contribution in [0.1, 0.15) is 344 Å². The average molecular weight is 1310 g/mol. The van der Waals surface area contributed by atoms with Gasteiger partial charge in [-0.05, 0) is 49.4 Å². The molecule has 0 saturated heterocycles. The van der Waals surface area contributed by atoms with Crippen molar-refractivity contribution < 1.29 is 80.2 Å². The number of unbranched alkanes of at least 4 members (excludes halogenated alkanes) is 32. The fourth-order valence-corrected chi connectivity index (χ4v) is 12.0. The van der Waals surface area contributed by atoms with Gasteiger partial charge < -0.3 is 33.8 Å². The number of ether oxygens (including phenoxy) is 4. The van der Waals surface area contributed by atoms with Crippen LogP contribution in [0, 0.1) is 23.7 Å².